The monoisotopic (exact) mass is 586 g/mol. The molecule has 2 heterocycles. The molecule has 212 valence electrons. The second-order valence-electron chi connectivity index (χ2n) is 9.29. The van der Waals surface area contributed by atoms with Gasteiger partial charge in [-0.15, -0.1) is 10.2 Å². The molecule has 0 aliphatic carbocycles. The first-order valence-corrected chi connectivity index (χ1v) is 13.4. The lowest BCUT2D eigenvalue weighted by Crippen LogP contribution is -2.41. The fraction of sp³-hybridized carbons (Fsp3) is 0.214. The van der Waals surface area contributed by atoms with Crippen LogP contribution in [0.2, 0.25) is 0 Å². The molecule has 0 atom stereocenters. The Balaban J connectivity index is 1.22. The molecule has 7 nitrogen and oxygen atoms in total. The highest BCUT2D eigenvalue weighted by molar-refractivity contribution is 8.16. The molecule has 41 heavy (non-hydrogen) atoms. The number of halogens is 5. The van der Waals surface area contributed by atoms with Crippen molar-refractivity contribution in [2.75, 3.05) is 10.8 Å². The lowest BCUT2D eigenvalue weighted by atomic mass is 10.0. The number of anilines is 1. The molecule has 0 amide bonds. The number of ether oxygens (including phenoxy) is 1. The number of hydrogen-bond acceptors (Lipinski definition) is 6. The van der Waals surface area contributed by atoms with E-state index >= 15 is 0 Å². The zero-order chi connectivity index (χ0) is 29.2. The third-order valence-electron chi connectivity index (χ3n) is 6.09. The SMILES string of the molecule is CC(C)c1ccccc1N1CSC1=NN=Cc1ccc(-c2ncn(-c3ccc(OC(F)(F)C(F)(F)F)cc3)n2)cc1. The maximum Gasteiger partial charge on any atom is 0.499 e. The maximum absolute atomic E-state index is 13.1. The summed E-state index contributed by atoms with van der Waals surface area (Å²) >= 11 is 1.63. The van der Waals surface area contributed by atoms with Crippen LogP contribution in [0.3, 0.4) is 0 Å². The number of para-hydroxylation sites is 1. The number of benzene rings is 3. The summed E-state index contributed by atoms with van der Waals surface area (Å²) in [5, 5.41) is 13.8. The Kier molecular flexibility index (Phi) is 7.80. The number of aromatic nitrogens is 3. The van der Waals surface area contributed by atoms with Gasteiger partial charge in [0.1, 0.15) is 12.1 Å². The highest BCUT2D eigenvalue weighted by atomic mass is 32.2. The molecule has 0 spiro atoms. The van der Waals surface area contributed by atoms with E-state index in [-0.39, 0.29) is 0 Å². The Morgan fingerprint density at radius 1 is 0.951 bits per heavy atom. The molecule has 0 N–H and O–H groups in total. The zero-order valence-electron chi connectivity index (χ0n) is 21.8. The molecule has 1 aromatic heterocycles. The van der Waals surface area contributed by atoms with Crippen LogP contribution >= 0.6 is 11.8 Å². The largest absolute Gasteiger partial charge is 0.499 e. The summed E-state index contributed by atoms with van der Waals surface area (Å²) in [6.45, 7) is 4.32. The molecule has 4 aromatic rings. The first-order chi connectivity index (χ1) is 19.5. The van der Waals surface area contributed by atoms with E-state index < -0.39 is 18.0 Å². The lowest BCUT2D eigenvalue weighted by molar-refractivity contribution is -0.360. The number of hydrogen-bond donors (Lipinski definition) is 0. The summed E-state index contributed by atoms with van der Waals surface area (Å²) < 4.78 is 68.5. The summed E-state index contributed by atoms with van der Waals surface area (Å²) in [4.78, 5) is 6.39. The average Bonchev–Trinajstić information content (AvgIpc) is 3.41. The van der Waals surface area contributed by atoms with Crippen LogP contribution in [-0.2, 0) is 0 Å². The highest BCUT2D eigenvalue weighted by Gasteiger charge is 2.61. The minimum atomic E-state index is -5.82. The Morgan fingerprint density at radius 2 is 1.66 bits per heavy atom. The van der Waals surface area contributed by atoms with Gasteiger partial charge < -0.3 is 9.64 Å². The van der Waals surface area contributed by atoms with Gasteiger partial charge in [0.15, 0.2) is 11.0 Å². The van der Waals surface area contributed by atoms with Crippen molar-refractivity contribution < 1.29 is 26.7 Å². The summed E-state index contributed by atoms with van der Waals surface area (Å²) in [6, 6.07) is 20.2. The van der Waals surface area contributed by atoms with E-state index in [0.29, 0.717) is 23.0 Å². The van der Waals surface area contributed by atoms with Crippen molar-refractivity contribution in [3.63, 3.8) is 0 Å². The van der Waals surface area contributed by atoms with Gasteiger partial charge in [0, 0.05) is 11.3 Å². The molecule has 5 rings (SSSR count). The molecule has 1 saturated heterocycles. The second kappa shape index (κ2) is 11.3. The van der Waals surface area contributed by atoms with Gasteiger partial charge in [-0.2, -0.15) is 27.1 Å². The van der Waals surface area contributed by atoms with Crippen molar-refractivity contribution in [1.29, 1.82) is 0 Å². The van der Waals surface area contributed by atoms with Crippen LogP contribution in [0.1, 0.15) is 30.9 Å². The molecule has 1 aliphatic rings. The van der Waals surface area contributed by atoms with Gasteiger partial charge in [-0.1, -0.05) is 68.1 Å². The summed E-state index contributed by atoms with van der Waals surface area (Å²) in [6.07, 6.45) is -8.06. The lowest BCUT2D eigenvalue weighted by Gasteiger charge is -2.34. The molecule has 0 unspecified atom stereocenters. The standard InChI is InChI=1S/C28H23F5N6OS/c1-18(2)23-5-3-4-6-24(23)38-17-41-26(38)36-35-15-19-7-9-20(10-8-19)25-34-16-39(37-25)21-11-13-22(14-12-21)40-28(32,33)27(29,30)31/h3-16,18H,17H2,1-2H3. The predicted molar refractivity (Wildman–Crippen MR) is 149 cm³/mol. The van der Waals surface area contributed by atoms with Crippen LogP contribution < -0.4 is 9.64 Å². The van der Waals surface area contributed by atoms with Crippen LogP contribution in [0.25, 0.3) is 17.1 Å². The quantitative estimate of drug-likeness (QED) is 0.122. The van der Waals surface area contributed by atoms with E-state index in [1.807, 2.05) is 36.4 Å². The van der Waals surface area contributed by atoms with Gasteiger partial charge in [0.2, 0.25) is 0 Å². The van der Waals surface area contributed by atoms with Gasteiger partial charge in [0.25, 0.3) is 0 Å². The molecule has 13 heteroatoms. The topological polar surface area (TPSA) is 67.9 Å². The van der Waals surface area contributed by atoms with E-state index in [1.165, 1.54) is 28.7 Å². The van der Waals surface area contributed by atoms with Gasteiger partial charge in [-0.05, 0) is 47.4 Å². The zero-order valence-corrected chi connectivity index (χ0v) is 22.6. The van der Waals surface area contributed by atoms with Crippen molar-refractivity contribution in [1.82, 2.24) is 14.8 Å². The molecule has 0 bridgehead atoms. The number of amidine groups is 1. The van der Waals surface area contributed by atoms with E-state index in [0.717, 1.165) is 34.4 Å². The minimum Gasteiger partial charge on any atom is -0.426 e. The second-order valence-corrected chi connectivity index (χ2v) is 10.2. The van der Waals surface area contributed by atoms with Crippen molar-refractivity contribution >= 4 is 28.8 Å². The Morgan fingerprint density at radius 3 is 2.29 bits per heavy atom. The molecule has 0 saturated carbocycles. The number of alkyl halides is 5. The number of thioether (sulfide) groups is 1. The van der Waals surface area contributed by atoms with Crippen molar-refractivity contribution in [3.05, 3.63) is 90.3 Å². The number of nitrogens with zero attached hydrogens (tertiary/aromatic N) is 6. The maximum atomic E-state index is 13.1. The van der Waals surface area contributed by atoms with E-state index in [9.17, 15) is 22.0 Å². The summed E-state index contributed by atoms with van der Waals surface area (Å²) in [5.74, 6) is 0.965. The van der Waals surface area contributed by atoms with Gasteiger partial charge in [0.05, 0.1) is 17.8 Å². The van der Waals surface area contributed by atoms with Crippen LogP contribution in [0.5, 0.6) is 5.75 Å². The summed E-state index contributed by atoms with van der Waals surface area (Å²) in [5.41, 5.74) is 4.32. The number of rotatable bonds is 8. The van der Waals surface area contributed by atoms with Crippen molar-refractivity contribution in [2.45, 2.75) is 32.1 Å². The van der Waals surface area contributed by atoms with Gasteiger partial charge in [-0.3, -0.25) is 0 Å². The third kappa shape index (κ3) is 6.24. The van der Waals surface area contributed by atoms with E-state index in [1.54, 1.807) is 18.0 Å². The fourth-order valence-electron chi connectivity index (χ4n) is 3.92. The molecule has 1 aliphatic heterocycles. The highest BCUT2D eigenvalue weighted by Crippen LogP contribution is 2.38. The minimum absolute atomic E-state index is 0.392. The van der Waals surface area contributed by atoms with Crippen molar-refractivity contribution in [3.8, 4) is 22.8 Å². The average molecular weight is 587 g/mol. The van der Waals surface area contributed by atoms with Crippen LogP contribution in [0, 0.1) is 0 Å². The Bertz CT molecular complexity index is 1570. The summed E-state index contributed by atoms with van der Waals surface area (Å²) in [7, 11) is 0. The normalized spacial score (nSPS) is 15.1. The van der Waals surface area contributed by atoms with Crippen molar-refractivity contribution in [2.24, 2.45) is 10.2 Å². The van der Waals surface area contributed by atoms with Crippen LogP contribution in [0.4, 0.5) is 27.6 Å². The molecule has 1 fully saturated rings. The molecule has 0 radical (unpaired) electrons. The van der Waals surface area contributed by atoms with Gasteiger partial charge in [-0.25, -0.2) is 9.67 Å². The van der Waals surface area contributed by atoms with Crippen LogP contribution in [-0.4, -0.2) is 44.3 Å². The van der Waals surface area contributed by atoms with Crippen LogP contribution in [0.15, 0.2) is 89.3 Å². The predicted octanol–water partition coefficient (Wildman–Crippen LogP) is 7.49. The smallest absolute Gasteiger partial charge is 0.426 e. The first kappa shape index (κ1) is 28.3. The third-order valence-corrected chi connectivity index (χ3v) is 7.04. The molecular formula is C28H23F5N6OS. The van der Waals surface area contributed by atoms with E-state index in [4.69, 9.17) is 0 Å². The van der Waals surface area contributed by atoms with E-state index in [2.05, 4.69) is 55.9 Å². The Hall–Kier alpha value is -4.26. The first-order valence-electron chi connectivity index (χ1n) is 12.4. The molecular weight excluding hydrogens is 563 g/mol. The van der Waals surface area contributed by atoms with Gasteiger partial charge >= 0.3 is 12.3 Å². The molecule has 3 aromatic carbocycles. The fourth-order valence-corrected chi connectivity index (χ4v) is 4.64. The Labute approximate surface area is 236 Å².